The van der Waals surface area contributed by atoms with Crippen molar-refractivity contribution >= 4 is 34.7 Å². The monoisotopic (exact) mass is 367 g/mol. The van der Waals surface area contributed by atoms with E-state index in [2.05, 4.69) is 10.3 Å². The first-order chi connectivity index (χ1) is 11.6. The SMILES string of the molecule is CC(C)(C)OC(=O)c1nc(N)c(C(O)C(=O)Nc2cccc(F)c2)s1. The van der Waals surface area contributed by atoms with E-state index < -0.39 is 29.4 Å². The van der Waals surface area contributed by atoms with Crippen LogP contribution in [0.3, 0.4) is 0 Å². The molecule has 2 aromatic rings. The Labute approximate surface area is 147 Å². The maximum Gasteiger partial charge on any atom is 0.368 e. The van der Waals surface area contributed by atoms with Crippen LogP contribution in [0.4, 0.5) is 15.9 Å². The predicted octanol–water partition coefficient (Wildman–Crippen LogP) is 2.49. The topological polar surface area (TPSA) is 115 Å². The van der Waals surface area contributed by atoms with Gasteiger partial charge in [-0.3, -0.25) is 4.79 Å². The Hall–Kier alpha value is -2.52. The smallest absolute Gasteiger partial charge is 0.368 e. The average Bonchev–Trinajstić information content (AvgIpc) is 2.87. The minimum absolute atomic E-state index is 0.00904. The van der Waals surface area contributed by atoms with Gasteiger partial charge in [0.25, 0.3) is 5.91 Å². The van der Waals surface area contributed by atoms with E-state index in [0.29, 0.717) is 0 Å². The van der Waals surface area contributed by atoms with Crippen LogP contribution >= 0.6 is 11.3 Å². The molecule has 25 heavy (non-hydrogen) atoms. The van der Waals surface area contributed by atoms with E-state index in [-0.39, 0.29) is 21.4 Å². The number of carbonyl (C=O) groups excluding carboxylic acids is 2. The van der Waals surface area contributed by atoms with Crippen LogP contribution in [0.1, 0.15) is 41.6 Å². The van der Waals surface area contributed by atoms with E-state index >= 15 is 0 Å². The van der Waals surface area contributed by atoms with Gasteiger partial charge in [0.1, 0.15) is 17.2 Å². The predicted molar refractivity (Wildman–Crippen MR) is 91.7 cm³/mol. The minimum Gasteiger partial charge on any atom is -0.455 e. The summed E-state index contributed by atoms with van der Waals surface area (Å²) in [5, 5.41) is 12.5. The molecular formula is C16H18FN3O4S. The summed E-state index contributed by atoms with van der Waals surface area (Å²) in [5.74, 6) is -2.20. The van der Waals surface area contributed by atoms with Crippen LogP contribution in [0.5, 0.6) is 0 Å². The molecule has 1 atom stereocenters. The Kier molecular flexibility index (Phi) is 5.39. The van der Waals surface area contributed by atoms with Gasteiger partial charge in [0.05, 0.1) is 4.88 Å². The lowest BCUT2D eigenvalue weighted by Crippen LogP contribution is -2.23. The van der Waals surface area contributed by atoms with Crippen molar-refractivity contribution in [2.45, 2.75) is 32.5 Å². The molecular weight excluding hydrogens is 349 g/mol. The molecule has 0 aliphatic rings. The summed E-state index contributed by atoms with van der Waals surface area (Å²) in [6, 6.07) is 5.21. The number of hydrogen-bond acceptors (Lipinski definition) is 7. The number of nitrogens with one attached hydrogen (secondary N) is 1. The zero-order valence-electron chi connectivity index (χ0n) is 13.9. The maximum atomic E-state index is 13.1. The van der Waals surface area contributed by atoms with Gasteiger partial charge in [0, 0.05) is 5.69 Å². The van der Waals surface area contributed by atoms with Crippen LogP contribution < -0.4 is 11.1 Å². The third-order valence-electron chi connectivity index (χ3n) is 2.84. The maximum absolute atomic E-state index is 13.1. The standard InChI is InChI=1S/C16H18FN3O4S/c1-16(2,3)24-15(23)14-20-12(18)11(25-14)10(21)13(22)19-9-6-4-5-8(17)7-9/h4-7,10,21H,18H2,1-3H3,(H,19,22). The highest BCUT2D eigenvalue weighted by Crippen LogP contribution is 2.29. The van der Waals surface area contributed by atoms with Crippen molar-refractivity contribution in [1.82, 2.24) is 4.98 Å². The highest BCUT2D eigenvalue weighted by atomic mass is 32.1. The average molecular weight is 367 g/mol. The molecule has 0 radical (unpaired) electrons. The first kappa shape index (κ1) is 18.8. The molecule has 1 unspecified atom stereocenters. The van der Waals surface area contributed by atoms with Crippen LogP contribution in [0.2, 0.25) is 0 Å². The summed E-state index contributed by atoms with van der Waals surface area (Å²) in [4.78, 5) is 28.0. The van der Waals surface area contributed by atoms with Crippen LogP contribution in [-0.2, 0) is 9.53 Å². The van der Waals surface area contributed by atoms with Crippen molar-refractivity contribution in [3.8, 4) is 0 Å². The molecule has 7 nitrogen and oxygen atoms in total. The number of hydrogen-bond donors (Lipinski definition) is 3. The summed E-state index contributed by atoms with van der Waals surface area (Å²) >= 11 is 0.763. The number of nitrogen functional groups attached to an aromatic ring is 1. The molecule has 1 heterocycles. The lowest BCUT2D eigenvalue weighted by atomic mass is 10.2. The van der Waals surface area contributed by atoms with Crippen molar-refractivity contribution in [3.05, 3.63) is 40.0 Å². The van der Waals surface area contributed by atoms with Gasteiger partial charge in [-0.25, -0.2) is 14.2 Å². The van der Waals surface area contributed by atoms with Gasteiger partial charge in [-0.05, 0) is 39.0 Å². The Morgan fingerprint density at radius 3 is 2.68 bits per heavy atom. The molecule has 2 rings (SSSR count). The first-order valence-electron chi connectivity index (χ1n) is 7.31. The Balaban J connectivity index is 2.15. The van der Waals surface area contributed by atoms with E-state index in [1.807, 2.05) is 0 Å². The van der Waals surface area contributed by atoms with Gasteiger partial charge in [0.2, 0.25) is 5.01 Å². The van der Waals surface area contributed by atoms with E-state index in [1.54, 1.807) is 20.8 Å². The number of carbonyl (C=O) groups is 2. The number of anilines is 2. The number of esters is 1. The zero-order valence-corrected chi connectivity index (χ0v) is 14.7. The molecule has 9 heteroatoms. The highest BCUT2D eigenvalue weighted by Gasteiger charge is 2.28. The summed E-state index contributed by atoms with van der Waals surface area (Å²) in [5.41, 5.74) is 5.15. The van der Waals surface area contributed by atoms with Crippen molar-refractivity contribution in [3.63, 3.8) is 0 Å². The van der Waals surface area contributed by atoms with Gasteiger partial charge in [-0.1, -0.05) is 6.07 Å². The molecule has 0 saturated heterocycles. The number of aliphatic hydroxyl groups excluding tert-OH is 1. The number of aliphatic hydroxyl groups is 1. The van der Waals surface area contributed by atoms with Crippen molar-refractivity contribution in [2.75, 3.05) is 11.1 Å². The second-order valence-corrected chi connectivity index (χ2v) is 7.20. The second kappa shape index (κ2) is 7.16. The van der Waals surface area contributed by atoms with Crippen LogP contribution in [0, 0.1) is 5.82 Å². The molecule has 0 bridgehead atoms. The number of ether oxygens (including phenoxy) is 1. The number of aromatic nitrogens is 1. The number of halogens is 1. The van der Waals surface area contributed by atoms with E-state index in [4.69, 9.17) is 10.5 Å². The zero-order chi connectivity index (χ0) is 18.8. The van der Waals surface area contributed by atoms with E-state index in [9.17, 15) is 19.1 Å². The molecule has 0 saturated carbocycles. The fourth-order valence-corrected chi connectivity index (χ4v) is 2.69. The number of nitrogens with zero attached hydrogens (tertiary/aromatic N) is 1. The number of benzene rings is 1. The summed E-state index contributed by atoms with van der Waals surface area (Å²) in [6.07, 6.45) is -1.66. The number of thiazole rings is 1. The fourth-order valence-electron chi connectivity index (χ4n) is 1.84. The van der Waals surface area contributed by atoms with Crippen molar-refractivity contribution in [1.29, 1.82) is 0 Å². The number of nitrogens with two attached hydrogens (primary N) is 1. The Bertz CT molecular complexity index is 801. The van der Waals surface area contributed by atoms with Gasteiger partial charge in [-0.2, -0.15) is 0 Å². The minimum atomic E-state index is -1.66. The molecule has 134 valence electrons. The number of rotatable bonds is 4. The van der Waals surface area contributed by atoms with Gasteiger partial charge in [0.15, 0.2) is 6.10 Å². The molecule has 4 N–H and O–H groups in total. The molecule has 0 aliphatic heterocycles. The van der Waals surface area contributed by atoms with Gasteiger partial charge in [-0.15, -0.1) is 11.3 Å². The van der Waals surface area contributed by atoms with Crippen LogP contribution in [-0.4, -0.2) is 27.6 Å². The third-order valence-corrected chi connectivity index (χ3v) is 3.95. The molecule has 1 aromatic carbocycles. The van der Waals surface area contributed by atoms with Crippen molar-refractivity contribution in [2.24, 2.45) is 0 Å². The summed E-state index contributed by atoms with van der Waals surface area (Å²) < 4.78 is 18.3. The largest absolute Gasteiger partial charge is 0.455 e. The van der Waals surface area contributed by atoms with Gasteiger partial charge < -0.3 is 20.9 Å². The second-order valence-electron chi connectivity index (χ2n) is 6.17. The van der Waals surface area contributed by atoms with Crippen molar-refractivity contribution < 1.29 is 23.8 Å². The summed E-state index contributed by atoms with van der Waals surface area (Å²) in [7, 11) is 0. The number of amides is 1. The Morgan fingerprint density at radius 1 is 1.40 bits per heavy atom. The van der Waals surface area contributed by atoms with E-state index in [1.165, 1.54) is 18.2 Å². The lowest BCUT2D eigenvalue weighted by molar-refractivity contribution is -0.124. The molecule has 0 fully saturated rings. The lowest BCUT2D eigenvalue weighted by Gasteiger charge is -2.18. The molecule has 1 amide bonds. The normalized spacial score (nSPS) is 12.5. The molecule has 0 aliphatic carbocycles. The van der Waals surface area contributed by atoms with Crippen LogP contribution in [0.25, 0.3) is 0 Å². The molecule has 0 spiro atoms. The fraction of sp³-hybridized carbons (Fsp3) is 0.312. The first-order valence-corrected chi connectivity index (χ1v) is 8.12. The third kappa shape index (κ3) is 4.97. The quantitative estimate of drug-likeness (QED) is 0.715. The Morgan fingerprint density at radius 2 is 2.08 bits per heavy atom. The highest BCUT2D eigenvalue weighted by molar-refractivity contribution is 7.14. The van der Waals surface area contributed by atoms with E-state index in [0.717, 1.165) is 17.4 Å². The van der Waals surface area contributed by atoms with Gasteiger partial charge >= 0.3 is 5.97 Å². The molecule has 1 aromatic heterocycles. The summed E-state index contributed by atoms with van der Waals surface area (Å²) in [6.45, 7) is 5.10. The van der Waals surface area contributed by atoms with Crippen LogP contribution in [0.15, 0.2) is 24.3 Å².